The predicted octanol–water partition coefficient (Wildman–Crippen LogP) is 9.81. The van der Waals surface area contributed by atoms with Gasteiger partial charge in [0.25, 0.3) is 0 Å². The van der Waals surface area contributed by atoms with Gasteiger partial charge in [-0.1, -0.05) is 97.1 Å². The summed E-state index contributed by atoms with van der Waals surface area (Å²) in [5, 5.41) is 16.2. The fourth-order valence-corrected chi connectivity index (χ4v) is 6.56. The highest BCUT2D eigenvalue weighted by atomic mass is 16.3. The summed E-state index contributed by atoms with van der Waals surface area (Å²) < 4.78 is 6.09. The van der Waals surface area contributed by atoms with Crippen molar-refractivity contribution < 1.29 is 4.42 Å². The molecule has 0 amide bonds. The molecule has 0 saturated carbocycles. The third-order valence-electron chi connectivity index (χ3n) is 8.90. The summed E-state index contributed by atoms with van der Waals surface area (Å²) in [5.74, 6) is 1.82. The van der Waals surface area contributed by atoms with Crippen LogP contribution in [0, 0.1) is 0 Å². The van der Waals surface area contributed by atoms with Crippen LogP contribution in [0.1, 0.15) is 0 Å². The third-order valence-corrected chi connectivity index (χ3v) is 8.90. The molecule has 0 aliphatic carbocycles. The van der Waals surface area contributed by atoms with Crippen molar-refractivity contribution in [1.82, 2.24) is 29.9 Å². The minimum atomic E-state index is 0.601. The number of furan rings is 1. The topological polar surface area (TPSA) is 82.5 Å². The van der Waals surface area contributed by atoms with Crippen molar-refractivity contribution in [2.24, 2.45) is 0 Å². The Hall–Kier alpha value is -6.73. The van der Waals surface area contributed by atoms with Crippen LogP contribution in [-0.2, 0) is 0 Å². The van der Waals surface area contributed by atoms with Crippen LogP contribution in [0.2, 0.25) is 0 Å². The second kappa shape index (κ2) is 10.4. The van der Waals surface area contributed by atoms with Crippen LogP contribution in [0.15, 0.2) is 150 Å². The van der Waals surface area contributed by atoms with E-state index in [1.165, 1.54) is 0 Å². The number of nitrogens with zero attached hydrogens (tertiary/aromatic N) is 6. The molecule has 7 nitrogen and oxygen atoms in total. The van der Waals surface area contributed by atoms with Crippen molar-refractivity contribution >= 4 is 54.5 Å². The van der Waals surface area contributed by atoms with Gasteiger partial charge >= 0.3 is 0 Å². The van der Waals surface area contributed by atoms with E-state index in [1.807, 2.05) is 97.1 Å². The number of para-hydroxylation sites is 2. The average Bonchev–Trinajstić information content (AvgIpc) is 3.77. The van der Waals surface area contributed by atoms with E-state index in [0.717, 1.165) is 76.9 Å². The van der Waals surface area contributed by atoms with Crippen LogP contribution in [0.5, 0.6) is 0 Å². The van der Waals surface area contributed by atoms with E-state index in [2.05, 4.69) is 48.5 Å². The van der Waals surface area contributed by atoms with Crippen LogP contribution < -0.4 is 0 Å². The quantitative estimate of drug-likeness (QED) is 0.183. The van der Waals surface area contributed by atoms with E-state index in [4.69, 9.17) is 29.6 Å². The van der Waals surface area contributed by atoms with Gasteiger partial charge < -0.3 is 4.42 Å². The number of rotatable bonds is 4. The second-order valence-corrected chi connectivity index (χ2v) is 11.8. The highest BCUT2D eigenvalue weighted by Crippen LogP contribution is 2.35. The molecular weight excluding hydrogens is 592 g/mol. The Morgan fingerprint density at radius 2 is 1.08 bits per heavy atom. The van der Waals surface area contributed by atoms with E-state index in [-0.39, 0.29) is 0 Å². The standard InChI is InChI=1S/C41H24N6O/c1-3-9-26(10-4-1)39-42-40(44-41(43-39)29-19-22-36-33(24-29)32-13-7-8-14-35(32)48-36)28-17-20-31-27(23-28)16-15-25-18-21-34-38(37(25)31)46-47(45-34)30-11-5-2-6-12-30/h1-24H. The van der Waals surface area contributed by atoms with Gasteiger partial charge in [0.05, 0.1) is 5.69 Å². The lowest BCUT2D eigenvalue weighted by Crippen LogP contribution is -2.00. The lowest BCUT2D eigenvalue weighted by Gasteiger charge is -2.10. The van der Waals surface area contributed by atoms with Crippen molar-refractivity contribution in [3.8, 4) is 39.9 Å². The summed E-state index contributed by atoms with van der Waals surface area (Å²) in [4.78, 5) is 16.7. The molecule has 0 radical (unpaired) electrons. The molecule has 0 aliphatic heterocycles. The zero-order chi connectivity index (χ0) is 31.6. The van der Waals surface area contributed by atoms with Crippen molar-refractivity contribution in [1.29, 1.82) is 0 Å². The average molecular weight is 617 g/mol. The lowest BCUT2D eigenvalue weighted by molar-refractivity contribution is 0.669. The maximum atomic E-state index is 6.09. The summed E-state index contributed by atoms with van der Waals surface area (Å²) in [7, 11) is 0. The molecule has 3 aromatic heterocycles. The Kier molecular flexibility index (Phi) is 5.74. The zero-order valence-corrected chi connectivity index (χ0v) is 25.4. The predicted molar refractivity (Wildman–Crippen MR) is 191 cm³/mol. The first-order valence-electron chi connectivity index (χ1n) is 15.8. The normalized spacial score (nSPS) is 11.8. The van der Waals surface area contributed by atoms with Crippen molar-refractivity contribution in [3.05, 3.63) is 146 Å². The number of hydrogen-bond donors (Lipinski definition) is 0. The first-order chi connectivity index (χ1) is 23.7. The van der Waals surface area contributed by atoms with E-state index < -0.39 is 0 Å². The fraction of sp³-hybridized carbons (Fsp3) is 0. The Morgan fingerprint density at radius 1 is 0.438 bits per heavy atom. The molecule has 224 valence electrons. The molecule has 0 spiro atoms. The van der Waals surface area contributed by atoms with Gasteiger partial charge in [-0.25, -0.2) is 15.0 Å². The van der Waals surface area contributed by atoms with Crippen molar-refractivity contribution in [3.63, 3.8) is 0 Å². The lowest BCUT2D eigenvalue weighted by atomic mass is 9.99. The summed E-state index contributed by atoms with van der Waals surface area (Å²) in [6.45, 7) is 0. The summed E-state index contributed by atoms with van der Waals surface area (Å²) in [5.41, 5.74) is 7.04. The van der Waals surface area contributed by atoms with Crippen LogP contribution in [0.4, 0.5) is 0 Å². The SMILES string of the molecule is c1ccc(-c2nc(-c3ccc4c(ccc5ccc6nn(-c7ccccc7)nc6c54)c3)nc(-c3ccc4oc5ccccc5c4c3)n2)cc1. The monoisotopic (exact) mass is 616 g/mol. The third kappa shape index (κ3) is 4.25. The van der Waals surface area contributed by atoms with Crippen LogP contribution in [-0.4, -0.2) is 29.9 Å². The van der Waals surface area contributed by atoms with E-state index >= 15 is 0 Å². The summed E-state index contributed by atoms with van der Waals surface area (Å²) in [6.07, 6.45) is 0. The molecule has 0 aliphatic rings. The van der Waals surface area contributed by atoms with Gasteiger partial charge in [0, 0.05) is 32.8 Å². The number of hydrogen-bond acceptors (Lipinski definition) is 6. The largest absolute Gasteiger partial charge is 0.456 e. The van der Waals surface area contributed by atoms with Gasteiger partial charge in [0.1, 0.15) is 22.2 Å². The van der Waals surface area contributed by atoms with E-state index in [1.54, 1.807) is 4.80 Å². The van der Waals surface area contributed by atoms with Gasteiger partial charge in [0.15, 0.2) is 17.5 Å². The maximum absolute atomic E-state index is 6.09. The molecule has 0 atom stereocenters. The molecule has 10 aromatic rings. The number of fused-ring (bicyclic) bond motifs is 8. The molecule has 7 aromatic carbocycles. The minimum absolute atomic E-state index is 0.601. The van der Waals surface area contributed by atoms with Crippen molar-refractivity contribution in [2.75, 3.05) is 0 Å². The smallest absolute Gasteiger partial charge is 0.164 e. The second-order valence-electron chi connectivity index (χ2n) is 11.8. The Morgan fingerprint density at radius 3 is 1.92 bits per heavy atom. The van der Waals surface area contributed by atoms with E-state index in [9.17, 15) is 0 Å². The molecule has 10 rings (SSSR count). The van der Waals surface area contributed by atoms with Crippen LogP contribution in [0.3, 0.4) is 0 Å². The van der Waals surface area contributed by atoms with Gasteiger partial charge in [-0.2, -0.15) is 4.80 Å². The van der Waals surface area contributed by atoms with Gasteiger partial charge in [-0.3, -0.25) is 0 Å². The number of aromatic nitrogens is 6. The minimum Gasteiger partial charge on any atom is -0.456 e. The summed E-state index contributed by atoms with van der Waals surface area (Å²) >= 11 is 0. The molecule has 0 unspecified atom stereocenters. The first-order valence-corrected chi connectivity index (χ1v) is 15.8. The summed E-state index contributed by atoms with van der Waals surface area (Å²) in [6, 6.07) is 49.0. The van der Waals surface area contributed by atoms with Crippen LogP contribution in [0.25, 0.3) is 94.4 Å². The van der Waals surface area contributed by atoms with Gasteiger partial charge in [0.2, 0.25) is 0 Å². The number of benzene rings is 7. The van der Waals surface area contributed by atoms with Gasteiger partial charge in [-0.05, 0) is 64.7 Å². The van der Waals surface area contributed by atoms with Crippen molar-refractivity contribution in [2.45, 2.75) is 0 Å². The Balaban J connectivity index is 1.15. The highest BCUT2D eigenvalue weighted by Gasteiger charge is 2.16. The maximum Gasteiger partial charge on any atom is 0.164 e. The first kappa shape index (κ1) is 26.5. The molecule has 48 heavy (non-hydrogen) atoms. The Bertz CT molecular complexity index is 2840. The Labute approximate surface area is 273 Å². The zero-order valence-electron chi connectivity index (χ0n) is 25.4. The van der Waals surface area contributed by atoms with E-state index in [0.29, 0.717) is 17.5 Å². The highest BCUT2D eigenvalue weighted by molar-refractivity contribution is 6.18. The molecular formula is C41H24N6O. The molecule has 0 bridgehead atoms. The molecule has 0 fully saturated rings. The molecule has 7 heteroatoms. The molecule has 3 heterocycles. The molecule has 0 N–H and O–H groups in total. The van der Waals surface area contributed by atoms with Crippen LogP contribution >= 0.6 is 0 Å². The molecule has 0 saturated heterocycles. The van der Waals surface area contributed by atoms with Gasteiger partial charge in [-0.15, -0.1) is 10.2 Å². The fourth-order valence-electron chi connectivity index (χ4n) is 6.56.